The van der Waals surface area contributed by atoms with Gasteiger partial charge in [0, 0.05) is 32.3 Å². The molecular formula is C58H39NO2. The van der Waals surface area contributed by atoms with Gasteiger partial charge in [-0.25, -0.2) is 0 Å². The topological polar surface area (TPSA) is 31.2 Å². The summed E-state index contributed by atoms with van der Waals surface area (Å²) in [6.07, 6.45) is 0.984. The Morgan fingerprint density at radius 1 is 0.475 bits per heavy atom. The second-order valence-corrected chi connectivity index (χ2v) is 16.8. The quantitative estimate of drug-likeness (QED) is 0.174. The smallest absolute Gasteiger partial charge is 0.159 e. The number of nitrogens with zero attached hydrogens (tertiary/aromatic N) is 1. The molecule has 0 aliphatic heterocycles. The number of hydrogen-bond acceptors (Lipinski definition) is 2. The van der Waals surface area contributed by atoms with E-state index in [-0.39, 0.29) is 11.8 Å². The molecule has 3 heteroatoms. The second kappa shape index (κ2) is 13.2. The van der Waals surface area contributed by atoms with E-state index in [0.29, 0.717) is 0 Å². The van der Waals surface area contributed by atoms with Gasteiger partial charge in [-0.15, -0.1) is 0 Å². The number of aromatic nitrogens is 1. The van der Waals surface area contributed by atoms with Crippen LogP contribution in [-0.4, -0.2) is 4.57 Å². The zero-order valence-corrected chi connectivity index (χ0v) is 33.6. The first-order valence-electron chi connectivity index (χ1n) is 21.3. The number of para-hydroxylation sites is 3. The first-order chi connectivity index (χ1) is 30.2. The van der Waals surface area contributed by atoms with Crippen LogP contribution in [0.5, 0.6) is 0 Å². The predicted molar refractivity (Wildman–Crippen MR) is 253 cm³/mol. The maximum atomic E-state index is 6.78. The van der Waals surface area contributed by atoms with Gasteiger partial charge in [0.1, 0.15) is 16.7 Å². The average Bonchev–Trinajstić information content (AvgIpc) is 4.00. The van der Waals surface area contributed by atoms with Crippen molar-refractivity contribution in [3.05, 3.63) is 211 Å². The summed E-state index contributed by atoms with van der Waals surface area (Å²) >= 11 is 0. The fourth-order valence-corrected chi connectivity index (χ4v) is 10.6. The lowest BCUT2D eigenvalue weighted by molar-refractivity contribution is 0.569. The van der Waals surface area contributed by atoms with Crippen molar-refractivity contribution >= 4 is 65.7 Å². The van der Waals surface area contributed by atoms with Gasteiger partial charge >= 0.3 is 0 Å². The van der Waals surface area contributed by atoms with E-state index < -0.39 is 0 Å². The van der Waals surface area contributed by atoms with Crippen LogP contribution in [0.15, 0.2) is 203 Å². The highest BCUT2D eigenvalue weighted by molar-refractivity contribution is 6.19. The number of furan rings is 2. The van der Waals surface area contributed by atoms with E-state index in [1.165, 1.54) is 55.2 Å². The van der Waals surface area contributed by atoms with E-state index in [4.69, 9.17) is 8.83 Å². The lowest BCUT2D eigenvalue weighted by atomic mass is 9.70. The molecule has 0 spiro atoms. The molecule has 9 aromatic carbocycles. The Kier molecular flexibility index (Phi) is 7.41. The monoisotopic (exact) mass is 781 g/mol. The molecule has 3 heterocycles. The molecule has 3 nitrogen and oxygen atoms in total. The van der Waals surface area contributed by atoms with Crippen LogP contribution in [0.2, 0.25) is 0 Å². The van der Waals surface area contributed by atoms with Gasteiger partial charge in [0.2, 0.25) is 0 Å². The standard InChI is InChI=1S/C58H39NO2/c1-35(37-16-11-17-38(31-37)36-13-3-2-4-14-36)48-33-41-15-5-6-18-42(41)56-45(48)28-29-50-57(56)47-27-25-40(39-26-30-55-49(32-39)44-20-8-9-23-53(44)60-55)34-52(47)59(50)51-22-12-21-46-43-19-7-10-24-54(43)61-58(46)51/h2-32,34-35,48H,33H2,1H3. The lowest BCUT2D eigenvalue weighted by Gasteiger charge is -2.33. The first kappa shape index (κ1) is 34.3. The third kappa shape index (κ3) is 5.17. The van der Waals surface area contributed by atoms with Gasteiger partial charge < -0.3 is 13.4 Å². The van der Waals surface area contributed by atoms with Crippen LogP contribution in [0.1, 0.15) is 35.4 Å². The molecule has 0 fully saturated rings. The van der Waals surface area contributed by atoms with E-state index >= 15 is 0 Å². The van der Waals surface area contributed by atoms with E-state index in [2.05, 4.69) is 193 Å². The number of hydrogen-bond donors (Lipinski definition) is 0. The average molecular weight is 782 g/mol. The van der Waals surface area contributed by atoms with Crippen molar-refractivity contribution < 1.29 is 8.83 Å². The van der Waals surface area contributed by atoms with Crippen molar-refractivity contribution in [2.45, 2.75) is 25.2 Å². The Hall–Kier alpha value is -7.62. The molecule has 0 amide bonds. The van der Waals surface area contributed by atoms with Crippen molar-refractivity contribution in [1.29, 1.82) is 0 Å². The van der Waals surface area contributed by atoms with E-state index in [9.17, 15) is 0 Å². The number of rotatable bonds is 5. The highest BCUT2D eigenvalue weighted by atomic mass is 16.3. The molecule has 288 valence electrons. The summed E-state index contributed by atoms with van der Waals surface area (Å²) in [5.41, 5.74) is 18.6. The molecule has 0 saturated carbocycles. The van der Waals surface area contributed by atoms with E-state index in [0.717, 1.165) is 72.6 Å². The normalized spacial score (nSPS) is 14.3. The third-order valence-electron chi connectivity index (χ3n) is 13.5. The van der Waals surface area contributed by atoms with Crippen LogP contribution in [0.3, 0.4) is 0 Å². The predicted octanol–water partition coefficient (Wildman–Crippen LogP) is 16.0. The van der Waals surface area contributed by atoms with Gasteiger partial charge in [-0.05, 0) is 111 Å². The molecule has 0 bridgehead atoms. The van der Waals surface area contributed by atoms with Gasteiger partial charge in [0.25, 0.3) is 0 Å². The maximum absolute atomic E-state index is 6.78. The molecule has 1 aliphatic carbocycles. The van der Waals surface area contributed by atoms with Crippen molar-refractivity contribution in [3.8, 4) is 39.1 Å². The van der Waals surface area contributed by atoms with Crippen molar-refractivity contribution in [1.82, 2.24) is 4.57 Å². The molecule has 12 aromatic rings. The lowest BCUT2D eigenvalue weighted by Crippen LogP contribution is -2.17. The second-order valence-electron chi connectivity index (χ2n) is 16.8. The minimum atomic E-state index is 0.284. The zero-order valence-electron chi connectivity index (χ0n) is 33.6. The third-order valence-corrected chi connectivity index (χ3v) is 13.5. The Balaban J connectivity index is 1.07. The number of benzene rings is 9. The Morgan fingerprint density at radius 2 is 1.15 bits per heavy atom. The molecule has 2 atom stereocenters. The maximum Gasteiger partial charge on any atom is 0.159 e. The van der Waals surface area contributed by atoms with Crippen molar-refractivity contribution in [2.75, 3.05) is 0 Å². The van der Waals surface area contributed by atoms with Crippen LogP contribution in [0, 0.1) is 0 Å². The molecule has 0 saturated heterocycles. The highest BCUT2D eigenvalue weighted by Gasteiger charge is 2.33. The van der Waals surface area contributed by atoms with Crippen LogP contribution in [0.25, 0.3) is 105 Å². The van der Waals surface area contributed by atoms with Gasteiger partial charge in [-0.3, -0.25) is 0 Å². The van der Waals surface area contributed by atoms with Gasteiger partial charge in [0.15, 0.2) is 5.58 Å². The van der Waals surface area contributed by atoms with Crippen molar-refractivity contribution in [3.63, 3.8) is 0 Å². The molecule has 3 aromatic heterocycles. The summed E-state index contributed by atoms with van der Waals surface area (Å²) in [6.45, 7) is 2.43. The fraction of sp³-hybridized carbons (Fsp3) is 0.0690. The fourth-order valence-electron chi connectivity index (χ4n) is 10.6. The summed E-state index contributed by atoms with van der Waals surface area (Å²) in [5, 5.41) is 7.01. The Labute approximate surface area is 352 Å². The molecule has 2 unspecified atom stereocenters. The van der Waals surface area contributed by atoms with E-state index in [1.54, 1.807) is 0 Å². The molecular weight excluding hydrogens is 743 g/mol. The summed E-state index contributed by atoms with van der Waals surface area (Å²) in [5.74, 6) is 0.569. The molecule has 61 heavy (non-hydrogen) atoms. The van der Waals surface area contributed by atoms with Gasteiger partial charge in [0.05, 0.1) is 16.7 Å². The Bertz CT molecular complexity index is 3710. The van der Waals surface area contributed by atoms with Crippen LogP contribution in [-0.2, 0) is 6.42 Å². The number of fused-ring (bicyclic) bond motifs is 13. The molecule has 13 rings (SSSR count). The highest BCUT2D eigenvalue weighted by Crippen LogP contribution is 2.52. The van der Waals surface area contributed by atoms with Gasteiger partial charge in [-0.2, -0.15) is 0 Å². The summed E-state index contributed by atoms with van der Waals surface area (Å²) in [6, 6.07) is 70.8. The summed E-state index contributed by atoms with van der Waals surface area (Å²) in [7, 11) is 0. The Morgan fingerprint density at radius 3 is 2.03 bits per heavy atom. The van der Waals surface area contributed by atoms with E-state index in [1.807, 2.05) is 12.1 Å². The van der Waals surface area contributed by atoms with Crippen molar-refractivity contribution in [2.24, 2.45) is 0 Å². The van der Waals surface area contributed by atoms with Gasteiger partial charge in [-0.1, -0.05) is 159 Å². The molecule has 1 aliphatic rings. The largest absolute Gasteiger partial charge is 0.456 e. The van der Waals surface area contributed by atoms with Crippen LogP contribution < -0.4 is 0 Å². The van der Waals surface area contributed by atoms with Crippen LogP contribution in [0.4, 0.5) is 0 Å². The SMILES string of the molecule is CC(c1cccc(-c2ccccc2)c1)C1Cc2ccccc2-c2c1ccc1c2c2ccc(-c3ccc4oc5ccccc5c4c3)cc2n1-c1cccc2c1oc1ccccc12. The molecule has 0 radical (unpaired) electrons. The first-order valence-corrected chi connectivity index (χ1v) is 21.3. The minimum absolute atomic E-state index is 0.284. The zero-order chi connectivity index (χ0) is 40.2. The minimum Gasteiger partial charge on any atom is -0.456 e. The summed E-state index contributed by atoms with van der Waals surface area (Å²) < 4.78 is 15.5. The molecule has 0 N–H and O–H groups in total. The summed E-state index contributed by atoms with van der Waals surface area (Å²) in [4.78, 5) is 0. The van der Waals surface area contributed by atoms with Crippen LogP contribution >= 0.6 is 0 Å².